The summed E-state index contributed by atoms with van der Waals surface area (Å²) in [5.41, 5.74) is 2.84. The van der Waals surface area contributed by atoms with Crippen molar-refractivity contribution in [1.29, 1.82) is 0 Å². The van der Waals surface area contributed by atoms with Gasteiger partial charge in [0.05, 0.1) is 15.7 Å². The van der Waals surface area contributed by atoms with Crippen LogP contribution in [0.3, 0.4) is 0 Å². The molecule has 0 heterocycles. The van der Waals surface area contributed by atoms with Gasteiger partial charge in [-0.05, 0) is 36.2 Å². The summed E-state index contributed by atoms with van der Waals surface area (Å²) >= 11 is 12.4. The fourth-order valence-corrected chi connectivity index (χ4v) is 2.40. The summed E-state index contributed by atoms with van der Waals surface area (Å²) in [5.74, 6) is 0.464. The van der Waals surface area contributed by atoms with Gasteiger partial charge in [-0.3, -0.25) is 4.99 Å². The number of halogens is 2. The first-order valence-electron chi connectivity index (χ1n) is 6.44. The Balaban J connectivity index is 2.26. The zero-order chi connectivity index (χ0) is 15.2. The second-order valence-electron chi connectivity index (χ2n) is 4.46. The molecule has 2 nitrogen and oxygen atoms in total. The highest BCUT2D eigenvalue weighted by Crippen LogP contribution is 2.34. The minimum Gasteiger partial charge on any atom is -0.486 e. The maximum atomic E-state index is 6.18. The Kier molecular flexibility index (Phi) is 5.43. The first kappa shape index (κ1) is 15.6. The molecule has 0 aliphatic rings. The molecule has 0 unspecified atom stereocenters. The van der Waals surface area contributed by atoms with E-state index < -0.39 is 0 Å². The van der Waals surface area contributed by atoms with Crippen LogP contribution in [0.25, 0.3) is 0 Å². The largest absolute Gasteiger partial charge is 0.486 e. The van der Waals surface area contributed by atoms with Crippen molar-refractivity contribution >= 4 is 35.1 Å². The van der Waals surface area contributed by atoms with E-state index in [0.717, 1.165) is 16.8 Å². The average Bonchev–Trinajstić information content (AvgIpc) is 2.46. The highest BCUT2D eigenvalue weighted by molar-refractivity contribution is 6.37. The fraction of sp³-hybridized carbons (Fsp3) is 0.118. The third-order valence-electron chi connectivity index (χ3n) is 2.83. The highest BCUT2D eigenvalue weighted by atomic mass is 35.5. The van der Waals surface area contributed by atoms with Crippen molar-refractivity contribution in [2.45, 2.75) is 6.92 Å². The predicted molar refractivity (Wildman–Crippen MR) is 90.6 cm³/mol. The number of rotatable bonds is 5. The Morgan fingerprint density at radius 3 is 2.48 bits per heavy atom. The van der Waals surface area contributed by atoms with E-state index in [0.29, 0.717) is 22.4 Å². The van der Waals surface area contributed by atoms with Crippen molar-refractivity contribution in [3.05, 3.63) is 70.2 Å². The van der Waals surface area contributed by atoms with E-state index in [1.165, 1.54) is 0 Å². The Bertz CT molecular complexity index is 657. The highest BCUT2D eigenvalue weighted by Gasteiger charge is 2.08. The van der Waals surface area contributed by atoms with E-state index in [-0.39, 0.29) is 0 Å². The standard InChI is InChI=1S/C17H15Cl2NO/c1-3-8-21-17-14(18)9-13(10-15(17)19)11-20-16-7-5-4-6-12(16)2/h3-7,9-11H,1,8H2,2H3. The molecule has 21 heavy (non-hydrogen) atoms. The van der Waals surface area contributed by atoms with E-state index in [1.807, 2.05) is 31.2 Å². The summed E-state index contributed by atoms with van der Waals surface area (Å²) in [7, 11) is 0. The molecule has 0 saturated carbocycles. The molecule has 2 aromatic rings. The van der Waals surface area contributed by atoms with Gasteiger partial charge >= 0.3 is 0 Å². The van der Waals surface area contributed by atoms with E-state index in [2.05, 4.69) is 11.6 Å². The second kappa shape index (κ2) is 7.30. The number of para-hydroxylation sites is 1. The Morgan fingerprint density at radius 2 is 1.86 bits per heavy atom. The molecule has 0 aliphatic heterocycles. The molecular weight excluding hydrogens is 305 g/mol. The minimum absolute atomic E-state index is 0.357. The van der Waals surface area contributed by atoms with Gasteiger partial charge in [0.2, 0.25) is 0 Å². The van der Waals surface area contributed by atoms with E-state index in [4.69, 9.17) is 27.9 Å². The van der Waals surface area contributed by atoms with Crippen molar-refractivity contribution in [2.24, 2.45) is 4.99 Å². The van der Waals surface area contributed by atoms with Gasteiger partial charge in [-0.25, -0.2) is 0 Å². The molecule has 0 bridgehead atoms. The molecule has 0 saturated heterocycles. The zero-order valence-corrected chi connectivity index (χ0v) is 13.2. The van der Waals surface area contributed by atoms with Gasteiger partial charge in [-0.15, -0.1) is 0 Å². The van der Waals surface area contributed by atoms with Crippen LogP contribution in [0.1, 0.15) is 11.1 Å². The lowest BCUT2D eigenvalue weighted by atomic mass is 10.2. The van der Waals surface area contributed by atoms with Gasteiger partial charge in [-0.1, -0.05) is 54.1 Å². The lowest BCUT2D eigenvalue weighted by Gasteiger charge is -2.08. The number of hydrogen-bond acceptors (Lipinski definition) is 2. The molecule has 0 radical (unpaired) electrons. The summed E-state index contributed by atoms with van der Waals surface area (Å²) in [6.45, 7) is 5.96. The van der Waals surface area contributed by atoms with Crippen LogP contribution in [0.4, 0.5) is 5.69 Å². The summed E-state index contributed by atoms with van der Waals surface area (Å²) in [6, 6.07) is 11.4. The zero-order valence-electron chi connectivity index (χ0n) is 11.6. The number of benzene rings is 2. The Morgan fingerprint density at radius 1 is 1.19 bits per heavy atom. The number of nitrogens with zero attached hydrogens (tertiary/aromatic N) is 1. The summed E-state index contributed by atoms with van der Waals surface area (Å²) < 4.78 is 5.43. The van der Waals surface area contributed by atoms with Crippen molar-refractivity contribution < 1.29 is 4.74 Å². The van der Waals surface area contributed by atoms with Gasteiger partial charge in [-0.2, -0.15) is 0 Å². The average molecular weight is 320 g/mol. The predicted octanol–water partition coefficient (Wildman–Crippen LogP) is 5.62. The third-order valence-corrected chi connectivity index (χ3v) is 3.40. The van der Waals surface area contributed by atoms with E-state index in [9.17, 15) is 0 Å². The molecule has 4 heteroatoms. The first-order chi connectivity index (χ1) is 10.1. The van der Waals surface area contributed by atoms with Crippen molar-refractivity contribution in [1.82, 2.24) is 0 Å². The van der Waals surface area contributed by atoms with Crippen molar-refractivity contribution in [3.63, 3.8) is 0 Å². The number of aryl methyl sites for hydroxylation is 1. The van der Waals surface area contributed by atoms with Crippen molar-refractivity contribution in [2.75, 3.05) is 6.61 Å². The normalized spacial score (nSPS) is 10.8. The molecule has 2 aromatic carbocycles. The SMILES string of the molecule is C=CCOc1c(Cl)cc(C=Nc2ccccc2C)cc1Cl. The van der Waals surface area contributed by atoms with Crippen LogP contribution in [0.5, 0.6) is 5.75 Å². The topological polar surface area (TPSA) is 21.6 Å². The summed E-state index contributed by atoms with van der Waals surface area (Å²) in [6.07, 6.45) is 3.37. The quantitative estimate of drug-likeness (QED) is 0.518. The fourth-order valence-electron chi connectivity index (χ4n) is 1.79. The molecule has 0 N–H and O–H groups in total. The van der Waals surface area contributed by atoms with Crippen LogP contribution < -0.4 is 4.74 Å². The lowest BCUT2D eigenvalue weighted by molar-refractivity contribution is 0.363. The van der Waals surface area contributed by atoms with Gasteiger partial charge in [0.1, 0.15) is 6.61 Å². The molecule has 2 rings (SSSR count). The first-order valence-corrected chi connectivity index (χ1v) is 7.20. The van der Waals surface area contributed by atoms with Crippen LogP contribution in [0.15, 0.2) is 54.0 Å². The molecule has 0 aromatic heterocycles. The van der Waals surface area contributed by atoms with Gasteiger partial charge in [0.25, 0.3) is 0 Å². The van der Waals surface area contributed by atoms with E-state index in [1.54, 1.807) is 24.4 Å². The van der Waals surface area contributed by atoms with Gasteiger partial charge in [0.15, 0.2) is 5.75 Å². The second-order valence-corrected chi connectivity index (χ2v) is 5.27. The van der Waals surface area contributed by atoms with Crippen LogP contribution in [0, 0.1) is 6.92 Å². The molecular formula is C17H15Cl2NO. The number of aliphatic imine (C=N–C) groups is 1. The summed E-state index contributed by atoms with van der Waals surface area (Å²) in [4.78, 5) is 4.45. The Hall–Kier alpha value is -1.77. The molecule has 0 spiro atoms. The van der Waals surface area contributed by atoms with Crippen LogP contribution in [-0.2, 0) is 0 Å². The van der Waals surface area contributed by atoms with Gasteiger partial charge < -0.3 is 4.74 Å². The lowest BCUT2D eigenvalue weighted by Crippen LogP contribution is -1.95. The molecule has 108 valence electrons. The number of hydrogen-bond donors (Lipinski definition) is 0. The molecule has 0 aliphatic carbocycles. The van der Waals surface area contributed by atoms with Crippen molar-refractivity contribution in [3.8, 4) is 5.75 Å². The maximum Gasteiger partial charge on any atom is 0.156 e. The monoisotopic (exact) mass is 319 g/mol. The molecule has 0 amide bonds. The third kappa shape index (κ3) is 4.10. The van der Waals surface area contributed by atoms with Gasteiger partial charge in [0, 0.05) is 6.21 Å². The Labute approximate surface area is 134 Å². The molecule has 0 atom stereocenters. The van der Waals surface area contributed by atoms with Crippen LogP contribution >= 0.6 is 23.2 Å². The smallest absolute Gasteiger partial charge is 0.156 e. The summed E-state index contributed by atoms with van der Waals surface area (Å²) in [5, 5.41) is 0.908. The molecule has 0 fully saturated rings. The minimum atomic E-state index is 0.357. The number of ether oxygens (including phenoxy) is 1. The van der Waals surface area contributed by atoms with Crippen LogP contribution in [-0.4, -0.2) is 12.8 Å². The van der Waals surface area contributed by atoms with Crippen LogP contribution in [0.2, 0.25) is 10.0 Å². The maximum absolute atomic E-state index is 6.18. The van der Waals surface area contributed by atoms with E-state index >= 15 is 0 Å².